The fourth-order valence-corrected chi connectivity index (χ4v) is 1.50. The van der Waals surface area contributed by atoms with Crippen LogP contribution in [0.4, 0.5) is 4.39 Å². The summed E-state index contributed by atoms with van der Waals surface area (Å²) in [6, 6.07) is 6.33. The van der Waals surface area contributed by atoms with E-state index >= 15 is 0 Å². The van der Waals surface area contributed by atoms with E-state index in [2.05, 4.69) is 4.98 Å². The summed E-state index contributed by atoms with van der Waals surface area (Å²) < 4.78 is 18.1. The fourth-order valence-electron chi connectivity index (χ4n) is 1.50. The zero-order valence-corrected chi connectivity index (χ0v) is 8.33. The quantitative estimate of drug-likeness (QED) is 0.815. The number of hydrogen-bond acceptors (Lipinski definition) is 3. The summed E-state index contributed by atoms with van der Waals surface area (Å²) in [7, 11) is 1.51. The van der Waals surface area contributed by atoms with Gasteiger partial charge in [-0.1, -0.05) is 6.07 Å². The summed E-state index contributed by atoms with van der Waals surface area (Å²) in [6.45, 7) is 0.337. The highest BCUT2D eigenvalue weighted by Crippen LogP contribution is 2.25. The number of aromatic nitrogens is 1. The van der Waals surface area contributed by atoms with Gasteiger partial charge in [-0.3, -0.25) is 0 Å². The van der Waals surface area contributed by atoms with E-state index in [1.807, 2.05) is 6.07 Å². The van der Waals surface area contributed by atoms with Crippen molar-refractivity contribution in [3.8, 4) is 5.88 Å². The van der Waals surface area contributed by atoms with Gasteiger partial charge in [0.25, 0.3) is 0 Å². The Bertz CT molecular complexity index is 499. The molecule has 2 rings (SSSR count). The second-order valence-corrected chi connectivity index (χ2v) is 3.19. The molecule has 0 saturated heterocycles. The topological polar surface area (TPSA) is 48.1 Å². The zero-order chi connectivity index (χ0) is 10.8. The summed E-state index contributed by atoms with van der Waals surface area (Å²) in [5.41, 5.74) is 6.23. The first kappa shape index (κ1) is 9.86. The highest BCUT2D eigenvalue weighted by molar-refractivity contribution is 5.87. The molecule has 0 spiro atoms. The summed E-state index contributed by atoms with van der Waals surface area (Å²) >= 11 is 0. The van der Waals surface area contributed by atoms with Gasteiger partial charge in [-0.05, 0) is 23.6 Å². The van der Waals surface area contributed by atoms with E-state index in [4.69, 9.17) is 10.5 Å². The minimum absolute atomic E-state index is 0.303. The van der Waals surface area contributed by atoms with E-state index in [0.717, 1.165) is 11.1 Å². The predicted octanol–water partition coefficient (Wildman–Crippen LogP) is 1.84. The smallest absolute Gasteiger partial charge is 0.221 e. The molecule has 78 valence electrons. The van der Waals surface area contributed by atoms with Crippen molar-refractivity contribution >= 4 is 10.8 Å². The number of rotatable bonds is 2. The largest absolute Gasteiger partial charge is 0.481 e. The molecule has 0 atom stereocenters. The monoisotopic (exact) mass is 206 g/mol. The minimum Gasteiger partial charge on any atom is -0.481 e. The Kier molecular flexibility index (Phi) is 2.51. The van der Waals surface area contributed by atoms with Crippen molar-refractivity contribution in [1.82, 2.24) is 4.98 Å². The van der Waals surface area contributed by atoms with Gasteiger partial charge in [0.05, 0.1) is 12.8 Å². The van der Waals surface area contributed by atoms with Crippen LogP contribution >= 0.6 is 0 Å². The average Bonchev–Trinajstić information content (AvgIpc) is 2.27. The van der Waals surface area contributed by atoms with E-state index in [1.54, 1.807) is 6.07 Å². The molecule has 1 heterocycles. The maximum Gasteiger partial charge on any atom is 0.221 e. The first-order chi connectivity index (χ1) is 7.24. The Balaban J connectivity index is 2.75. The normalized spacial score (nSPS) is 10.6. The number of hydrogen-bond donors (Lipinski definition) is 1. The molecule has 3 nitrogen and oxygen atoms in total. The van der Waals surface area contributed by atoms with Crippen molar-refractivity contribution in [3.63, 3.8) is 0 Å². The van der Waals surface area contributed by atoms with Gasteiger partial charge < -0.3 is 10.5 Å². The van der Waals surface area contributed by atoms with Crippen LogP contribution in [-0.4, -0.2) is 12.1 Å². The molecule has 0 amide bonds. The van der Waals surface area contributed by atoms with Gasteiger partial charge >= 0.3 is 0 Å². The number of fused-ring (bicyclic) bond motifs is 1. The SMILES string of the molecule is COc1nc(CN)cc2ccc(F)cc12. The summed E-state index contributed by atoms with van der Waals surface area (Å²) in [5, 5.41) is 1.54. The number of nitrogens with zero attached hydrogens (tertiary/aromatic N) is 1. The van der Waals surface area contributed by atoms with Crippen LogP contribution in [0.1, 0.15) is 5.69 Å². The van der Waals surface area contributed by atoms with Gasteiger partial charge in [0.2, 0.25) is 5.88 Å². The molecule has 0 aliphatic carbocycles. The highest BCUT2D eigenvalue weighted by atomic mass is 19.1. The molecule has 0 aliphatic rings. The van der Waals surface area contributed by atoms with Crippen molar-refractivity contribution in [1.29, 1.82) is 0 Å². The number of nitrogens with two attached hydrogens (primary N) is 1. The molecule has 1 aromatic carbocycles. The summed E-state index contributed by atoms with van der Waals surface area (Å²) in [4.78, 5) is 4.17. The van der Waals surface area contributed by atoms with Crippen LogP contribution in [0.15, 0.2) is 24.3 Å². The first-order valence-electron chi connectivity index (χ1n) is 4.58. The maximum atomic E-state index is 13.0. The summed E-state index contributed by atoms with van der Waals surface area (Å²) in [5.74, 6) is 0.107. The van der Waals surface area contributed by atoms with Crippen molar-refractivity contribution < 1.29 is 9.13 Å². The van der Waals surface area contributed by atoms with E-state index < -0.39 is 0 Å². The highest BCUT2D eigenvalue weighted by Gasteiger charge is 2.06. The maximum absolute atomic E-state index is 13.0. The van der Waals surface area contributed by atoms with Crippen LogP contribution < -0.4 is 10.5 Å². The van der Waals surface area contributed by atoms with Crippen LogP contribution in [0.2, 0.25) is 0 Å². The Morgan fingerprint density at radius 2 is 2.20 bits per heavy atom. The average molecular weight is 206 g/mol. The first-order valence-corrected chi connectivity index (χ1v) is 4.58. The van der Waals surface area contributed by atoms with Crippen LogP contribution in [0, 0.1) is 5.82 Å². The minimum atomic E-state index is -0.303. The second kappa shape index (κ2) is 3.82. The van der Waals surface area contributed by atoms with Gasteiger partial charge in [0.1, 0.15) is 5.82 Å². The van der Waals surface area contributed by atoms with E-state index in [-0.39, 0.29) is 5.82 Å². The number of methoxy groups -OCH3 is 1. The van der Waals surface area contributed by atoms with Crippen molar-refractivity contribution in [2.75, 3.05) is 7.11 Å². The van der Waals surface area contributed by atoms with E-state index in [0.29, 0.717) is 17.8 Å². The molecular formula is C11H11FN2O. The third-order valence-electron chi connectivity index (χ3n) is 2.22. The fraction of sp³-hybridized carbons (Fsp3) is 0.182. The number of pyridine rings is 1. The zero-order valence-electron chi connectivity index (χ0n) is 8.33. The third kappa shape index (κ3) is 1.76. The van der Waals surface area contributed by atoms with Crippen LogP contribution in [0.5, 0.6) is 5.88 Å². The molecule has 0 radical (unpaired) electrons. The Morgan fingerprint density at radius 3 is 2.87 bits per heavy atom. The predicted molar refractivity (Wildman–Crippen MR) is 56.1 cm³/mol. The lowest BCUT2D eigenvalue weighted by atomic mass is 10.1. The second-order valence-electron chi connectivity index (χ2n) is 3.19. The molecule has 0 fully saturated rings. The summed E-state index contributed by atoms with van der Waals surface area (Å²) in [6.07, 6.45) is 0. The number of ether oxygens (including phenoxy) is 1. The van der Waals surface area contributed by atoms with Crippen molar-refractivity contribution in [2.45, 2.75) is 6.54 Å². The van der Waals surface area contributed by atoms with Crippen molar-refractivity contribution in [2.24, 2.45) is 5.73 Å². The molecule has 1 aromatic heterocycles. The molecule has 2 aromatic rings. The lowest BCUT2D eigenvalue weighted by molar-refractivity contribution is 0.401. The Labute approximate surface area is 86.7 Å². The van der Waals surface area contributed by atoms with Gasteiger partial charge in [0.15, 0.2) is 0 Å². The number of halogens is 1. The van der Waals surface area contributed by atoms with E-state index in [1.165, 1.54) is 19.2 Å². The molecule has 0 unspecified atom stereocenters. The molecule has 0 aliphatic heterocycles. The molecular weight excluding hydrogens is 195 g/mol. The van der Waals surface area contributed by atoms with Crippen LogP contribution in [-0.2, 0) is 6.54 Å². The Hall–Kier alpha value is -1.68. The Morgan fingerprint density at radius 1 is 1.40 bits per heavy atom. The lowest BCUT2D eigenvalue weighted by Crippen LogP contribution is -2.01. The molecule has 15 heavy (non-hydrogen) atoms. The standard InChI is InChI=1S/C11H11FN2O/c1-15-11-10-5-8(12)3-2-7(10)4-9(6-13)14-11/h2-5H,6,13H2,1H3. The molecule has 0 saturated carbocycles. The molecule has 4 heteroatoms. The van der Waals surface area contributed by atoms with Crippen LogP contribution in [0.25, 0.3) is 10.8 Å². The number of benzene rings is 1. The van der Waals surface area contributed by atoms with Gasteiger partial charge in [0, 0.05) is 11.9 Å². The lowest BCUT2D eigenvalue weighted by Gasteiger charge is -2.06. The van der Waals surface area contributed by atoms with Gasteiger partial charge in [-0.25, -0.2) is 9.37 Å². The molecule has 2 N–H and O–H groups in total. The van der Waals surface area contributed by atoms with Gasteiger partial charge in [-0.2, -0.15) is 0 Å². The third-order valence-corrected chi connectivity index (χ3v) is 2.22. The molecule has 0 bridgehead atoms. The van der Waals surface area contributed by atoms with Gasteiger partial charge in [-0.15, -0.1) is 0 Å². The van der Waals surface area contributed by atoms with Crippen molar-refractivity contribution in [3.05, 3.63) is 35.8 Å². The van der Waals surface area contributed by atoms with E-state index in [9.17, 15) is 4.39 Å². The van der Waals surface area contributed by atoms with Crippen LogP contribution in [0.3, 0.4) is 0 Å².